The Bertz CT molecular complexity index is 3710. The van der Waals surface area contributed by atoms with E-state index in [2.05, 4.69) is 243 Å². The molecule has 12 rings (SSSR count). The summed E-state index contributed by atoms with van der Waals surface area (Å²) in [7, 11) is 0. The summed E-state index contributed by atoms with van der Waals surface area (Å²) in [5.41, 5.74) is 21.8. The van der Waals surface area contributed by atoms with Gasteiger partial charge in [0.1, 0.15) is 0 Å². The number of rotatable bonds is 7. The lowest BCUT2D eigenvalue weighted by atomic mass is 9.96. The topological polar surface area (TPSA) is 35.6 Å². The maximum atomic E-state index is 5.09. The maximum Gasteiger partial charge on any atom is 0.160 e. The molecule has 0 aliphatic rings. The van der Waals surface area contributed by atoms with Gasteiger partial charge in [-0.05, 0) is 128 Å². The van der Waals surface area contributed by atoms with Crippen LogP contribution in [0.3, 0.4) is 0 Å². The molecule has 0 fully saturated rings. The average Bonchev–Trinajstić information content (AvgIpc) is 3.86. The predicted molar refractivity (Wildman–Crippen MR) is 277 cm³/mol. The minimum Gasteiger partial charge on any atom is -0.309 e. The van der Waals surface area contributed by atoms with Crippen molar-refractivity contribution >= 4 is 43.6 Å². The van der Waals surface area contributed by atoms with Gasteiger partial charge in [-0.25, -0.2) is 9.97 Å². The van der Waals surface area contributed by atoms with Crippen molar-refractivity contribution in [2.45, 2.75) is 27.7 Å². The van der Waals surface area contributed by atoms with Crippen LogP contribution in [-0.4, -0.2) is 19.1 Å². The van der Waals surface area contributed by atoms with Crippen molar-refractivity contribution < 1.29 is 0 Å². The van der Waals surface area contributed by atoms with Crippen LogP contribution in [0.15, 0.2) is 206 Å². The summed E-state index contributed by atoms with van der Waals surface area (Å²) >= 11 is 0. The lowest BCUT2D eigenvalue weighted by molar-refractivity contribution is 1.12. The van der Waals surface area contributed by atoms with Crippen molar-refractivity contribution in [2.75, 3.05) is 0 Å². The SMILES string of the molecule is Cc1cccc(-c2cc(-c3ccc(-c4ccc(-c5cc(C)c(-n6c7ccccc7c7cc(-n8c9ccccc9c9ccccc98)ccc76)c(C)c5)cc4)cc3)nc(-c3cccc(C)c3)n2)c1. The van der Waals surface area contributed by atoms with Crippen molar-refractivity contribution in [1.29, 1.82) is 0 Å². The Morgan fingerprint density at radius 3 is 1.33 bits per heavy atom. The van der Waals surface area contributed by atoms with Crippen LogP contribution < -0.4 is 0 Å². The second kappa shape index (κ2) is 15.7. The quantitative estimate of drug-likeness (QED) is 0.160. The molecule has 4 nitrogen and oxygen atoms in total. The van der Waals surface area contributed by atoms with E-state index in [0.717, 1.165) is 45.2 Å². The van der Waals surface area contributed by atoms with E-state index >= 15 is 0 Å². The fraction of sp³-hybridized carbons (Fsp3) is 0.0645. The summed E-state index contributed by atoms with van der Waals surface area (Å²) in [5, 5.41) is 5.03. The number of benzene rings is 9. The van der Waals surface area contributed by atoms with Gasteiger partial charge in [0, 0.05) is 43.9 Å². The second-order valence-electron chi connectivity index (χ2n) is 17.7. The average molecular weight is 847 g/mol. The number of nitrogens with zero attached hydrogens (tertiary/aromatic N) is 4. The molecule has 0 N–H and O–H groups in total. The molecule has 3 heterocycles. The summed E-state index contributed by atoms with van der Waals surface area (Å²) < 4.78 is 4.88. The zero-order valence-electron chi connectivity index (χ0n) is 37.4. The minimum absolute atomic E-state index is 0.728. The Labute approximate surface area is 384 Å². The second-order valence-corrected chi connectivity index (χ2v) is 17.7. The van der Waals surface area contributed by atoms with Gasteiger partial charge in [-0.15, -0.1) is 0 Å². The minimum atomic E-state index is 0.728. The highest BCUT2D eigenvalue weighted by Gasteiger charge is 2.19. The summed E-state index contributed by atoms with van der Waals surface area (Å²) in [6.07, 6.45) is 0. The summed E-state index contributed by atoms with van der Waals surface area (Å²) in [4.78, 5) is 10.1. The van der Waals surface area contributed by atoms with E-state index < -0.39 is 0 Å². The number of para-hydroxylation sites is 3. The fourth-order valence-corrected chi connectivity index (χ4v) is 10.2. The largest absolute Gasteiger partial charge is 0.309 e. The standard InChI is InChI=1S/C62H46N4/c1-39-13-11-15-47(33-39)56-38-55(63-62(64-56)48-16-12-14-40(2)34-48)46-29-27-44(28-30-46)43-23-25-45(26-24-43)49-35-41(3)61(42(4)36-49)66-59-22-10-7-19-53(59)54-37-50(31-32-60(54)66)65-57-20-8-5-17-51(57)52-18-6-9-21-58(52)65/h5-38H,1-4H3. The lowest BCUT2D eigenvalue weighted by Crippen LogP contribution is -2.01. The van der Waals surface area contributed by atoms with E-state index in [1.807, 2.05) is 0 Å². The smallest absolute Gasteiger partial charge is 0.160 e. The molecular weight excluding hydrogens is 801 g/mol. The first kappa shape index (κ1) is 39.3. The van der Waals surface area contributed by atoms with Crippen molar-refractivity contribution in [3.05, 3.63) is 229 Å². The number of aromatic nitrogens is 4. The van der Waals surface area contributed by atoms with Gasteiger partial charge in [-0.2, -0.15) is 0 Å². The Kier molecular flexibility index (Phi) is 9.35. The summed E-state index contributed by atoms with van der Waals surface area (Å²) in [6, 6.07) is 74.7. The van der Waals surface area contributed by atoms with E-state index in [9.17, 15) is 0 Å². The third-order valence-electron chi connectivity index (χ3n) is 13.3. The van der Waals surface area contributed by atoms with Gasteiger partial charge in [0.05, 0.1) is 39.1 Å². The van der Waals surface area contributed by atoms with E-state index in [1.54, 1.807) is 0 Å². The molecule has 0 saturated carbocycles. The molecule has 0 amide bonds. The molecule has 66 heavy (non-hydrogen) atoms. The number of aryl methyl sites for hydroxylation is 4. The molecule has 0 aliphatic heterocycles. The van der Waals surface area contributed by atoms with Gasteiger partial charge in [-0.1, -0.05) is 151 Å². The highest BCUT2D eigenvalue weighted by molar-refractivity contribution is 6.12. The Balaban J connectivity index is 0.864. The Morgan fingerprint density at radius 2 is 0.758 bits per heavy atom. The van der Waals surface area contributed by atoms with E-state index in [0.29, 0.717) is 0 Å². The van der Waals surface area contributed by atoms with Crippen molar-refractivity contribution in [3.8, 4) is 67.5 Å². The summed E-state index contributed by atoms with van der Waals surface area (Å²) in [5.74, 6) is 0.728. The van der Waals surface area contributed by atoms with Crippen molar-refractivity contribution in [1.82, 2.24) is 19.1 Å². The monoisotopic (exact) mass is 846 g/mol. The van der Waals surface area contributed by atoms with E-state index in [-0.39, 0.29) is 0 Å². The molecular formula is C62H46N4. The van der Waals surface area contributed by atoms with Crippen LogP contribution in [-0.2, 0) is 0 Å². The first-order chi connectivity index (χ1) is 32.3. The van der Waals surface area contributed by atoms with Crippen molar-refractivity contribution in [2.24, 2.45) is 0 Å². The highest BCUT2D eigenvalue weighted by Crippen LogP contribution is 2.39. The lowest BCUT2D eigenvalue weighted by Gasteiger charge is -2.17. The van der Waals surface area contributed by atoms with Crippen LogP contribution >= 0.6 is 0 Å². The fourth-order valence-electron chi connectivity index (χ4n) is 10.2. The predicted octanol–water partition coefficient (Wildman–Crippen LogP) is 16.2. The van der Waals surface area contributed by atoms with Gasteiger partial charge in [0.2, 0.25) is 0 Å². The first-order valence-corrected chi connectivity index (χ1v) is 22.7. The normalized spacial score (nSPS) is 11.6. The molecule has 0 spiro atoms. The number of hydrogen-bond donors (Lipinski definition) is 0. The first-order valence-electron chi connectivity index (χ1n) is 22.7. The molecule has 0 unspecified atom stereocenters. The van der Waals surface area contributed by atoms with Crippen LogP contribution in [0.25, 0.3) is 111 Å². The summed E-state index contributed by atoms with van der Waals surface area (Å²) in [6.45, 7) is 8.72. The molecule has 0 saturated heterocycles. The van der Waals surface area contributed by atoms with Crippen LogP contribution in [0.1, 0.15) is 22.3 Å². The maximum absolute atomic E-state index is 5.09. The van der Waals surface area contributed by atoms with Gasteiger partial charge in [0.25, 0.3) is 0 Å². The molecule has 4 heteroatoms. The highest BCUT2D eigenvalue weighted by atomic mass is 15.0. The molecule has 0 bridgehead atoms. The zero-order valence-corrected chi connectivity index (χ0v) is 37.4. The van der Waals surface area contributed by atoms with Crippen LogP contribution in [0.5, 0.6) is 0 Å². The van der Waals surface area contributed by atoms with Crippen molar-refractivity contribution in [3.63, 3.8) is 0 Å². The molecule has 0 atom stereocenters. The Hall–Kier alpha value is -8.34. The van der Waals surface area contributed by atoms with E-state index in [4.69, 9.17) is 9.97 Å². The van der Waals surface area contributed by atoms with Gasteiger partial charge < -0.3 is 9.13 Å². The molecule has 9 aromatic carbocycles. The molecule has 3 aromatic heterocycles. The van der Waals surface area contributed by atoms with E-state index in [1.165, 1.54) is 88.2 Å². The molecule has 0 aliphatic carbocycles. The third kappa shape index (κ3) is 6.69. The third-order valence-corrected chi connectivity index (χ3v) is 13.3. The van der Waals surface area contributed by atoms with Gasteiger partial charge in [-0.3, -0.25) is 0 Å². The molecule has 314 valence electrons. The van der Waals surface area contributed by atoms with Gasteiger partial charge >= 0.3 is 0 Å². The van der Waals surface area contributed by atoms with Gasteiger partial charge in [0.15, 0.2) is 5.82 Å². The van der Waals surface area contributed by atoms with Crippen LogP contribution in [0.4, 0.5) is 0 Å². The molecule has 0 radical (unpaired) electrons. The van der Waals surface area contributed by atoms with Crippen LogP contribution in [0, 0.1) is 27.7 Å². The zero-order chi connectivity index (χ0) is 44.5. The number of hydrogen-bond acceptors (Lipinski definition) is 2. The Morgan fingerprint density at radius 1 is 0.303 bits per heavy atom. The number of fused-ring (bicyclic) bond motifs is 6. The molecule has 12 aromatic rings. The van der Waals surface area contributed by atoms with Crippen LogP contribution in [0.2, 0.25) is 0 Å².